The third-order valence-electron chi connectivity index (χ3n) is 3.50. The predicted octanol–water partition coefficient (Wildman–Crippen LogP) is 0.512. The Morgan fingerprint density at radius 2 is 2.35 bits per heavy atom. The summed E-state index contributed by atoms with van der Waals surface area (Å²) in [5.41, 5.74) is 5.88. The van der Waals surface area contributed by atoms with Crippen LogP contribution in [-0.4, -0.2) is 34.8 Å². The number of aromatic nitrogens is 2. The van der Waals surface area contributed by atoms with Crippen LogP contribution in [0.3, 0.4) is 0 Å². The van der Waals surface area contributed by atoms with Gasteiger partial charge in [-0.15, -0.1) is 0 Å². The van der Waals surface area contributed by atoms with Gasteiger partial charge >= 0.3 is 5.97 Å². The second-order valence-corrected chi connectivity index (χ2v) is 5.09. The average molecular weight is 280 g/mol. The summed E-state index contributed by atoms with van der Waals surface area (Å²) < 4.78 is 5.98. The van der Waals surface area contributed by atoms with Gasteiger partial charge in [0.2, 0.25) is 5.91 Å². The first kappa shape index (κ1) is 14.5. The van der Waals surface area contributed by atoms with Crippen molar-refractivity contribution >= 4 is 17.7 Å². The molecular weight excluding hydrogens is 260 g/mol. The zero-order valence-corrected chi connectivity index (χ0v) is 11.5. The molecule has 3 N–H and O–H groups in total. The Morgan fingerprint density at radius 3 is 3.05 bits per heavy atom. The number of carbonyl (C=O) groups excluding carboxylic acids is 2. The van der Waals surface area contributed by atoms with Crippen molar-refractivity contribution in [3.63, 3.8) is 0 Å². The molecule has 1 fully saturated rings. The van der Waals surface area contributed by atoms with E-state index in [1.54, 1.807) is 12.3 Å². The number of nitrogens with zero attached hydrogens (tertiary/aromatic N) is 2. The molecule has 1 heterocycles. The van der Waals surface area contributed by atoms with E-state index in [9.17, 15) is 9.59 Å². The minimum absolute atomic E-state index is 0.0284. The van der Waals surface area contributed by atoms with Crippen molar-refractivity contribution in [2.45, 2.75) is 38.3 Å². The minimum atomic E-state index is -0.385. The highest BCUT2D eigenvalue weighted by molar-refractivity contribution is 5.91. The highest BCUT2D eigenvalue weighted by atomic mass is 16.5. The molecular formula is C13H20N4O3. The van der Waals surface area contributed by atoms with E-state index in [1.165, 1.54) is 11.8 Å². The average Bonchev–Trinajstić information content (AvgIpc) is 2.85. The van der Waals surface area contributed by atoms with E-state index < -0.39 is 0 Å². The minimum Gasteiger partial charge on any atom is -0.468 e. The molecule has 0 aliphatic heterocycles. The van der Waals surface area contributed by atoms with E-state index in [4.69, 9.17) is 5.73 Å². The SMILES string of the molecule is COC(=O)Cn1ccc(NC(=O)C2CCCC(N)C2)n1. The number of esters is 1. The van der Waals surface area contributed by atoms with E-state index in [2.05, 4.69) is 15.2 Å². The smallest absolute Gasteiger partial charge is 0.327 e. The molecule has 7 heteroatoms. The molecule has 110 valence electrons. The lowest BCUT2D eigenvalue weighted by atomic mass is 9.85. The summed E-state index contributed by atoms with van der Waals surface area (Å²) in [5, 5.41) is 6.87. The summed E-state index contributed by atoms with van der Waals surface area (Å²) in [6, 6.07) is 1.76. The van der Waals surface area contributed by atoms with Gasteiger partial charge in [-0.3, -0.25) is 14.3 Å². The topological polar surface area (TPSA) is 99.2 Å². The van der Waals surface area contributed by atoms with E-state index in [0.717, 1.165) is 19.3 Å². The first-order valence-corrected chi connectivity index (χ1v) is 6.75. The van der Waals surface area contributed by atoms with Gasteiger partial charge in [-0.25, -0.2) is 0 Å². The summed E-state index contributed by atoms with van der Waals surface area (Å²) in [6.45, 7) is 0.0284. The fourth-order valence-corrected chi connectivity index (χ4v) is 2.41. The van der Waals surface area contributed by atoms with Gasteiger partial charge in [0.05, 0.1) is 7.11 Å². The van der Waals surface area contributed by atoms with Crippen molar-refractivity contribution in [3.8, 4) is 0 Å². The molecule has 0 aromatic carbocycles. The van der Waals surface area contributed by atoms with Crippen LogP contribution in [0.2, 0.25) is 0 Å². The largest absolute Gasteiger partial charge is 0.468 e. The van der Waals surface area contributed by atoms with Crippen LogP contribution in [0.1, 0.15) is 25.7 Å². The molecule has 1 aromatic heterocycles. The summed E-state index contributed by atoms with van der Waals surface area (Å²) in [6.07, 6.45) is 5.17. The van der Waals surface area contributed by atoms with E-state index in [-0.39, 0.29) is 30.4 Å². The zero-order valence-electron chi connectivity index (χ0n) is 11.5. The Morgan fingerprint density at radius 1 is 1.55 bits per heavy atom. The van der Waals surface area contributed by atoms with Gasteiger partial charge in [-0.05, 0) is 19.3 Å². The second-order valence-electron chi connectivity index (χ2n) is 5.09. The number of hydrogen-bond donors (Lipinski definition) is 2. The molecule has 20 heavy (non-hydrogen) atoms. The highest BCUT2D eigenvalue weighted by Gasteiger charge is 2.25. The molecule has 0 bridgehead atoms. The van der Waals surface area contributed by atoms with Crippen LogP contribution in [0, 0.1) is 5.92 Å². The number of rotatable bonds is 4. The zero-order chi connectivity index (χ0) is 14.5. The molecule has 2 unspecified atom stereocenters. The Bertz CT molecular complexity index is 486. The molecule has 1 aliphatic rings. The van der Waals surface area contributed by atoms with Gasteiger partial charge in [0, 0.05) is 24.2 Å². The summed E-state index contributed by atoms with van der Waals surface area (Å²) in [5.74, 6) is -0.0461. The van der Waals surface area contributed by atoms with Crippen LogP contribution in [0.5, 0.6) is 0 Å². The van der Waals surface area contributed by atoms with Crippen molar-refractivity contribution < 1.29 is 14.3 Å². The van der Waals surface area contributed by atoms with Crippen LogP contribution >= 0.6 is 0 Å². The molecule has 1 amide bonds. The van der Waals surface area contributed by atoms with E-state index >= 15 is 0 Å². The third-order valence-corrected chi connectivity index (χ3v) is 3.50. The highest BCUT2D eigenvalue weighted by Crippen LogP contribution is 2.24. The van der Waals surface area contributed by atoms with Gasteiger partial charge in [0.15, 0.2) is 5.82 Å². The number of carbonyl (C=O) groups is 2. The van der Waals surface area contributed by atoms with Crippen molar-refractivity contribution in [2.75, 3.05) is 12.4 Å². The molecule has 1 aromatic rings. The number of hydrogen-bond acceptors (Lipinski definition) is 5. The number of ether oxygens (including phenoxy) is 1. The Labute approximate surface area is 117 Å². The summed E-state index contributed by atoms with van der Waals surface area (Å²) in [4.78, 5) is 23.2. The standard InChI is InChI=1S/C13H20N4O3/c1-20-12(18)8-17-6-5-11(16-17)15-13(19)9-3-2-4-10(14)7-9/h5-6,9-10H,2-4,7-8,14H2,1H3,(H,15,16,19). The molecule has 1 aliphatic carbocycles. The first-order chi connectivity index (χ1) is 9.58. The number of anilines is 1. The maximum Gasteiger partial charge on any atom is 0.327 e. The Kier molecular flexibility index (Phi) is 4.73. The van der Waals surface area contributed by atoms with Crippen LogP contribution in [0.4, 0.5) is 5.82 Å². The second kappa shape index (κ2) is 6.51. The molecule has 0 spiro atoms. The van der Waals surface area contributed by atoms with Gasteiger partial charge in [0.25, 0.3) is 0 Å². The quantitative estimate of drug-likeness (QED) is 0.783. The lowest BCUT2D eigenvalue weighted by Crippen LogP contribution is -2.34. The van der Waals surface area contributed by atoms with E-state index in [1.807, 2.05) is 0 Å². The molecule has 2 rings (SSSR count). The lowest BCUT2D eigenvalue weighted by molar-refractivity contribution is -0.141. The molecule has 1 saturated carbocycles. The Hall–Kier alpha value is -1.89. The molecule has 2 atom stereocenters. The van der Waals surface area contributed by atoms with Crippen LogP contribution in [0.15, 0.2) is 12.3 Å². The maximum atomic E-state index is 12.1. The Balaban J connectivity index is 1.89. The van der Waals surface area contributed by atoms with Gasteiger partial charge < -0.3 is 15.8 Å². The molecule has 0 radical (unpaired) electrons. The van der Waals surface area contributed by atoms with Crippen LogP contribution in [0.25, 0.3) is 0 Å². The number of nitrogens with two attached hydrogens (primary N) is 1. The number of amides is 1. The van der Waals surface area contributed by atoms with E-state index in [0.29, 0.717) is 12.2 Å². The molecule has 0 saturated heterocycles. The first-order valence-electron chi connectivity index (χ1n) is 6.75. The van der Waals surface area contributed by atoms with Crippen molar-refractivity contribution in [1.29, 1.82) is 0 Å². The third kappa shape index (κ3) is 3.80. The van der Waals surface area contributed by atoms with Crippen LogP contribution < -0.4 is 11.1 Å². The van der Waals surface area contributed by atoms with Gasteiger partial charge in [-0.2, -0.15) is 5.10 Å². The lowest BCUT2D eigenvalue weighted by Gasteiger charge is -2.25. The van der Waals surface area contributed by atoms with Crippen molar-refractivity contribution in [2.24, 2.45) is 11.7 Å². The normalized spacial score (nSPS) is 22.3. The molecule has 7 nitrogen and oxygen atoms in total. The van der Waals surface area contributed by atoms with Crippen LogP contribution in [-0.2, 0) is 20.9 Å². The summed E-state index contributed by atoms with van der Waals surface area (Å²) in [7, 11) is 1.32. The maximum absolute atomic E-state index is 12.1. The fraction of sp³-hybridized carbons (Fsp3) is 0.615. The monoisotopic (exact) mass is 280 g/mol. The van der Waals surface area contributed by atoms with Crippen molar-refractivity contribution in [1.82, 2.24) is 9.78 Å². The predicted molar refractivity (Wildman–Crippen MR) is 72.8 cm³/mol. The fourth-order valence-electron chi connectivity index (χ4n) is 2.41. The summed E-state index contributed by atoms with van der Waals surface area (Å²) >= 11 is 0. The van der Waals surface area contributed by atoms with Gasteiger partial charge in [-0.1, -0.05) is 6.42 Å². The van der Waals surface area contributed by atoms with Crippen molar-refractivity contribution in [3.05, 3.63) is 12.3 Å². The van der Waals surface area contributed by atoms with Gasteiger partial charge in [0.1, 0.15) is 6.54 Å². The number of nitrogens with one attached hydrogen (secondary N) is 1. The number of methoxy groups -OCH3 is 1.